The molecule has 2 aromatic rings. The third-order valence-electron chi connectivity index (χ3n) is 2.18. The van der Waals surface area contributed by atoms with E-state index in [0.29, 0.717) is 11.5 Å². The molecular weight excluding hydrogens is 240 g/mol. The highest BCUT2D eigenvalue weighted by atomic mass is 16.7. The van der Waals surface area contributed by atoms with Gasteiger partial charge in [0.15, 0.2) is 0 Å². The third kappa shape index (κ3) is 4.27. The van der Waals surface area contributed by atoms with E-state index in [1.54, 1.807) is 7.05 Å². The lowest BCUT2D eigenvalue weighted by Crippen LogP contribution is -2.16. The Morgan fingerprint density at radius 3 is 1.74 bits per heavy atom. The molecule has 0 aliphatic heterocycles. The summed E-state index contributed by atoms with van der Waals surface area (Å²) in [6, 6.07) is 18.6. The van der Waals surface area contributed by atoms with Gasteiger partial charge in [-0.25, -0.2) is 0 Å². The zero-order chi connectivity index (χ0) is 13.3. The molecule has 0 heterocycles. The predicted molar refractivity (Wildman–Crippen MR) is 76.0 cm³/mol. The molecule has 0 N–H and O–H groups in total. The molecule has 0 aliphatic carbocycles. The summed E-state index contributed by atoms with van der Waals surface area (Å²) < 4.78 is 11.1. The summed E-state index contributed by atoms with van der Waals surface area (Å²) in [5, 5.41) is 0. The van der Waals surface area contributed by atoms with Crippen LogP contribution in [0.5, 0.6) is 11.5 Å². The molecule has 96 valence electrons. The maximum atomic E-state index is 5.56. The Balaban J connectivity index is 2.13. The Morgan fingerprint density at radius 2 is 1.32 bits per heavy atom. The molecule has 0 aromatic heterocycles. The van der Waals surface area contributed by atoms with Crippen molar-refractivity contribution in [3.63, 3.8) is 0 Å². The van der Waals surface area contributed by atoms with Crippen LogP contribution in [-0.4, -0.2) is 19.5 Å². The van der Waals surface area contributed by atoms with E-state index >= 15 is 0 Å². The highest BCUT2D eigenvalue weighted by Crippen LogP contribution is 2.13. The van der Waals surface area contributed by atoms with E-state index in [-0.39, 0.29) is 6.08 Å². The zero-order valence-corrected chi connectivity index (χ0v) is 10.6. The van der Waals surface area contributed by atoms with Gasteiger partial charge in [-0.15, -0.1) is 0 Å². The topological polar surface area (TPSA) is 43.2 Å². The first kappa shape index (κ1) is 12.8. The Kier molecular flexibility index (Phi) is 4.70. The largest absolute Gasteiger partial charge is 0.411 e. The van der Waals surface area contributed by atoms with Crippen LogP contribution in [0.2, 0.25) is 0 Å². The number of hydrogen-bond acceptors (Lipinski definition) is 3. The zero-order valence-electron chi connectivity index (χ0n) is 10.6. The molecule has 4 heteroatoms. The smallest absolute Gasteiger partial charge is 0.400 e. The summed E-state index contributed by atoms with van der Waals surface area (Å²) in [4.78, 5) is 7.80. The molecule has 0 fully saturated rings. The fourth-order valence-electron chi connectivity index (χ4n) is 1.36. The van der Waals surface area contributed by atoms with E-state index in [1.807, 2.05) is 60.7 Å². The molecule has 0 atom stereocenters. The Hall–Kier alpha value is -2.62. The standard InChI is InChI=1S/C15H14N2O2/c1-16-12-17-15(18-13-8-4-2-5-9-13)19-14-10-6-3-7-11-14/h2-12H,1H3. The van der Waals surface area contributed by atoms with Crippen LogP contribution in [0.15, 0.2) is 70.6 Å². The lowest BCUT2D eigenvalue weighted by Gasteiger charge is -2.08. The van der Waals surface area contributed by atoms with Crippen LogP contribution in [0.1, 0.15) is 0 Å². The van der Waals surface area contributed by atoms with Crippen LogP contribution >= 0.6 is 0 Å². The molecule has 0 bridgehead atoms. The van der Waals surface area contributed by atoms with E-state index in [1.165, 1.54) is 6.34 Å². The number of para-hydroxylation sites is 2. The van der Waals surface area contributed by atoms with E-state index in [2.05, 4.69) is 9.98 Å². The van der Waals surface area contributed by atoms with Gasteiger partial charge in [-0.3, -0.25) is 4.99 Å². The third-order valence-corrected chi connectivity index (χ3v) is 2.18. The van der Waals surface area contributed by atoms with E-state index in [0.717, 1.165) is 0 Å². The van der Waals surface area contributed by atoms with Crippen LogP contribution < -0.4 is 9.47 Å². The van der Waals surface area contributed by atoms with Crippen molar-refractivity contribution in [2.45, 2.75) is 0 Å². The second-order valence-corrected chi connectivity index (χ2v) is 3.60. The van der Waals surface area contributed by atoms with Crippen molar-refractivity contribution in [2.75, 3.05) is 7.05 Å². The van der Waals surface area contributed by atoms with Crippen molar-refractivity contribution in [3.05, 3.63) is 60.7 Å². The molecule has 0 radical (unpaired) electrons. The maximum Gasteiger partial charge on any atom is 0.400 e. The normalized spacial score (nSPS) is 10.2. The van der Waals surface area contributed by atoms with Crippen LogP contribution in [0, 0.1) is 0 Å². The van der Waals surface area contributed by atoms with Crippen molar-refractivity contribution in [1.82, 2.24) is 0 Å². The van der Waals surface area contributed by atoms with Crippen LogP contribution in [0.4, 0.5) is 0 Å². The SMILES string of the molecule is CN=CN=C(Oc1ccccc1)Oc1ccccc1. The summed E-state index contributed by atoms with van der Waals surface area (Å²) in [5.74, 6) is 1.31. The minimum absolute atomic E-state index is 0.128. The van der Waals surface area contributed by atoms with Crippen molar-refractivity contribution >= 4 is 12.4 Å². The first-order chi connectivity index (χ1) is 9.38. The number of aliphatic imine (C=N–C) groups is 2. The highest BCUT2D eigenvalue weighted by molar-refractivity contribution is 5.81. The van der Waals surface area contributed by atoms with Crippen LogP contribution in [-0.2, 0) is 0 Å². The number of ether oxygens (including phenoxy) is 2. The second kappa shape index (κ2) is 6.96. The molecule has 0 saturated carbocycles. The molecule has 19 heavy (non-hydrogen) atoms. The quantitative estimate of drug-likeness (QED) is 0.623. The number of rotatable bonds is 3. The van der Waals surface area contributed by atoms with Gasteiger partial charge in [0.05, 0.1) is 0 Å². The molecule has 0 amide bonds. The average molecular weight is 254 g/mol. The maximum absolute atomic E-state index is 5.56. The second-order valence-electron chi connectivity index (χ2n) is 3.60. The summed E-state index contributed by atoms with van der Waals surface area (Å²) in [5.41, 5.74) is 0. The molecule has 2 rings (SSSR count). The van der Waals surface area contributed by atoms with Crippen molar-refractivity contribution < 1.29 is 9.47 Å². The van der Waals surface area contributed by atoms with Crippen LogP contribution in [0.25, 0.3) is 0 Å². The molecular formula is C15H14N2O2. The molecule has 0 aliphatic rings. The minimum Gasteiger partial charge on any atom is -0.411 e. The summed E-state index contributed by atoms with van der Waals surface area (Å²) >= 11 is 0. The molecule has 4 nitrogen and oxygen atoms in total. The number of benzene rings is 2. The average Bonchev–Trinajstić information content (AvgIpc) is 2.47. The Labute approximate surface area is 112 Å². The van der Waals surface area contributed by atoms with Gasteiger partial charge in [-0.1, -0.05) is 36.4 Å². The summed E-state index contributed by atoms with van der Waals surface area (Å²) in [7, 11) is 1.63. The van der Waals surface area contributed by atoms with Gasteiger partial charge in [-0.05, 0) is 24.3 Å². The van der Waals surface area contributed by atoms with Gasteiger partial charge in [0, 0.05) is 7.05 Å². The lowest BCUT2D eigenvalue weighted by molar-refractivity contribution is 0.387. The highest BCUT2D eigenvalue weighted by Gasteiger charge is 2.05. The van der Waals surface area contributed by atoms with Gasteiger partial charge in [0.25, 0.3) is 0 Å². The van der Waals surface area contributed by atoms with Gasteiger partial charge in [-0.2, -0.15) is 4.99 Å². The number of hydrogen-bond donors (Lipinski definition) is 0. The molecule has 0 spiro atoms. The monoisotopic (exact) mass is 254 g/mol. The first-order valence-corrected chi connectivity index (χ1v) is 5.83. The van der Waals surface area contributed by atoms with Gasteiger partial charge in [0.2, 0.25) is 0 Å². The molecule has 0 saturated heterocycles. The lowest BCUT2D eigenvalue weighted by atomic mass is 10.3. The Morgan fingerprint density at radius 1 is 0.842 bits per heavy atom. The Bertz CT molecular complexity index is 507. The summed E-state index contributed by atoms with van der Waals surface area (Å²) in [6.07, 6.45) is 1.50. The number of nitrogens with zero attached hydrogens (tertiary/aromatic N) is 2. The van der Waals surface area contributed by atoms with Crippen molar-refractivity contribution in [2.24, 2.45) is 9.98 Å². The fraction of sp³-hybridized carbons (Fsp3) is 0.0667. The van der Waals surface area contributed by atoms with Gasteiger partial charge < -0.3 is 9.47 Å². The van der Waals surface area contributed by atoms with Crippen molar-refractivity contribution in [1.29, 1.82) is 0 Å². The first-order valence-electron chi connectivity index (χ1n) is 5.83. The van der Waals surface area contributed by atoms with Gasteiger partial charge >= 0.3 is 6.08 Å². The van der Waals surface area contributed by atoms with Gasteiger partial charge in [0.1, 0.15) is 17.8 Å². The van der Waals surface area contributed by atoms with E-state index < -0.39 is 0 Å². The summed E-state index contributed by atoms with van der Waals surface area (Å²) in [6.45, 7) is 0. The van der Waals surface area contributed by atoms with E-state index in [9.17, 15) is 0 Å². The predicted octanol–water partition coefficient (Wildman–Crippen LogP) is 3.16. The minimum atomic E-state index is 0.128. The fourth-order valence-corrected chi connectivity index (χ4v) is 1.36. The van der Waals surface area contributed by atoms with Crippen LogP contribution in [0.3, 0.4) is 0 Å². The molecule has 0 unspecified atom stereocenters. The van der Waals surface area contributed by atoms with Crippen molar-refractivity contribution in [3.8, 4) is 11.5 Å². The molecule has 2 aromatic carbocycles. The van der Waals surface area contributed by atoms with E-state index in [4.69, 9.17) is 9.47 Å².